The molecule has 0 unspecified atom stereocenters. The van der Waals surface area contributed by atoms with E-state index in [0.29, 0.717) is 56.5 Å². The Morgan fingerprint density at radius 1 is 1.00 bits per heavy atom. The van der Waals surface area contributed by atoms with Gasteiger partial charge in [-0.1, -0.05) is 6.07 Å². The first-order chi connectivity index (χ1) is 17.1. The van der Waals surface area contributed by atoms with Gasteiger partial charge in [0.25, 0.3) is 0 Å². The predicted molar refractivity (Wildman–Crippen MR) is 135 cm³/mol. The molecule has 1 saturated carbocycles. The molecule has 1 aliphatic carbocycles. The third-order valence-corrected chi connectivity index (χ3v) is 8.62. The highest BCUT2D eigenvalue weighted by atomic mass is 19.1. The van der Waals surface area contributed by atoms with E-state index in [-0.39, 0.29) is 11.7 Å². The maximum atomic E-state index is 15.3. The number of amides is 1. The van der Waals surface area contributed by atoms with Gasteiger partial charge in [0, 0.05) is 25.7 Å². The summed E-state index contributed by atoms with van der Waals surface area (Å²) in [7, 11) is 0. The quantitative estimate of drug-likeness (QED) is 0.526. The van der Waals surface area contributed by atoms with Gasteiger partial charge < -0.3 is 19.4 Å². The van der Waals surface area contributed by atoms with Crippen LogP contribution >= 0.6 is 0 Å². The topological polar surface area (TPSA) is 62.3 Å². The molecule has 1 aromatic carbocycles. The average Bonchev–Trinajstić information content (AvgIpc) is 3.09. The molecule has 1 aromatic rings. The molecule has 5 rings (SSSR count). The molecule has 3 aliphatic heterocycles. The van der Waals surface area contributed by atoms with Crippen molar-refractivity contribution >= 4 is 17.7 Å². The Kier molecular flexibility index (Phi) is 7.03. The van der Waals surface area contributed by atoms with Crippen LogP contribution in [0.25, 0.3) is 0 Å². The lowest BCUT2D eigenvalue weighted by Crippen LogP contribution is -2.46. The molecule has 1 spiro atoms. The van der Waals surface area contributed by atoms with Crippen LogP contribution in [0.5, 0.6) is 0 Å². The van der Waals surface area contributed by atoms with Crippen LogP contribution in [0, 0.1) is 11.2 Å². The number of benzene rings is 1. The maximum absolute atomic E-state index is 15.3. The zero-order valence-corrected chi connectivity index (χ0v) is 21.9. The minimum Gasteiger partial charge on any atom is -0.427 e. The summed E-state index contributed by atoms with van der Waals surface area (Å²) in [6.07, 6.45) is 7.02. The van der Waals surface area contributed by atoms with Gasteiger partial charge in [-0.25, -0.2) is 9.18 Å². The van der Waals surface area contributed by atoms with Crippen molar-refractivity contribution < 1.29 is 23.6 Å². The minimum atomic E-state index is -0.728. The van der Waals surface area contributed by atoms with Crippen LogP contribution in [0.2, 0.25) is 0 Å². The van der Waals surface area contributed by atoms with E-state index in [2.05, 4.69) is 4.90 Å². The van der Waals surface area contributed by atoms with Crippen molar-refractivity contribution in [1.29, 1.82) is 0 Å². The molecule has 1 amide bonds. The molecule has 3 saturated heterocycles. The Labute approximate surface area is 213 Å². The van der Waals surface area contributed by atoms with Crippen LogP contribution in [0.15, 0.2) is 18.2 Å². The van der Waals surface area contributed by atoms with Crippen LogP contribution in [0.4, 0.5) is 14.9 Å². The second-order valence-electron chi connectivity index (χ2n) is 12.1. The summed E-state index contributed by atoms with van der Waals surface area (Å²) in [5.74, 6) is 0.0931. The lowest BCUT2D eigenvalue weighted by Gasteiger charge is -2.42. The number of halogens is 1. The van der Waals surface area contributed by atoms with E-state index in [0.717, 1.165) is 18.4 Å². The Morgan fingerprint density at radius 3 is 2.25 bits per heavy atom. The number of rotatable bonds is 4. The summed E-state index contributed by atoms with van der Waals surface area (Å²) in [6.45, 7) is 9.27. The van der Waals surface area contributed by atoms with Gasteiger partial charge in [0.05, 0.1) is 11.1 Å². The van der Waals surface area contributed by atoms with E-state index in [1.165, 1.54) is 32.4 Å². The molecule has 0 aromatic heterocycles. The fraction of sp³-hybridized carbons (Fsp3) is 0.714. The SMILES string of the molecule is CC(C)(C)OC(=O)ON1CCC2(CC1)CCN(c1ccc(C3CCC(N4CCC4)CC3)cc1F)C2=O. The largest absolute Gasteiger partial charge is 0.528 e. The molecular weight excluding hydrogens is 461 g/mol. The zero-order valence-electron chi connectivity index (χ0n) is 21.9. The normalized spacial score (nSPS) is 27.2. The van der Waals surface area contributed by atoms with Crippen molar-refractivity contribution in [3.05, 3.63) is 29.6 Å². The van der Waals surface area contributed by atoms with Crippen LogP contribution in [-0.2, 0) is 14.4 Å². The number of piperidine rings is 1. The zero-order chi connectivity index (χ0) is 25.5. The number of hydrogen-bond donors (Lipinski definition) is 0. The van der Waals surface area contributed by atoms with Crippen LogP contribution in [-0.4, -0.2) is 66.4 Å². The van der Waals surface area contributed by atoms with E-state index in [4.69, 9.17) is 9.57 Å². The molecule has 4 aliphatic rings. The fourth-order valence-corrected chi connectivity index (χ4v) is 6.37. The minimum absolute atomic E-state index is 0.0128. The first-order valence-electron chi connectivity index (χ1n) is 13.6. The smallest absolute Gasteiger partial charge is 0.427 e. The van der Waals surface area contributed by atoms with Crippen LogP contribution in [0.3, 0.4) is 0 Å². The number of carbonyl (C=O) groups excluding carboxylic acids is 2. The highest BCUT2D eigenvalue weighted by Crippen LogP contribution is 2.44. The number of hydroxylamine groups is 2. The van der Waals surface area contributed by atoms with E-state index < -0.39 is 17.2 Å². The van der Waals surface area contributed by atoms with E-state index in [1.807, 2.05) is 12.1 Å². The van der Waals surface area contributed by atoms with E-state index in [1.54, 1.807) is 36.8 Å². The Bertz CT molecular complexity index is 973. The lowest BCUT2D eigenvalue weighted by molar-refractivity contribution is -0.166. The Hall–Kier alpha value is -2.19. The first-order valence-corrected chi connectivity index (χ1v) is 13.6. The molecule has 3 heterocycles. The standard InChI is InChI=1S/C28H40FN3O4/c1-27(2,3)35-26(34)36-31-16-11-28(12-17-31)13-18-32(25(28)33)24-10-7-21(19-23(24)29)20-5-8-22(9-6-20)30-14-4-15-30/h7,10,19-20,22H,4-6,8-9,11-18H2,1-3H3. The van der Waals surface area contributed by atoms with Gasteiger partial charge in [-0.05, 0) is 109 Å². The van der Waals surface area contributed by atoms with Gasteiger partial charge in [-0.15, -0.1) is 5.06 Å². The van der Waals surface area contributed by atoms with Crippen molar-refractivity contribution in [2.24, 2.45) is 5.41 Å². The number of likely N-dealkylation sites (tertiary alicyclic amines) is 1. The number of carbonyl (C=O) groups is 2. The third kappa shape index (κ3) is 5.25. The first kappa shape index (κ1) is 25.5. The number of nitrogens with zero attached hydrogens (tertiary/aromatic N) is 3. The van der Waals surface area contributed by atoms with Crippen molar-refractivity contribution in [3.63, 3.8) is 0 Å². The van der Waals surface area contributed by atoms with Crippen molar-refractivity contribution in [3.8, 4) is 0 Å². The van der Waals surface area contributed by atoms with Crippen LogP contribution in [0.1, 0.15) is 83.6 Å². The molecule has 4 fully saturated rings. The second kappa shape index (κ2) is 9.93. The molecule has 0 atom stereocenters. The Morgan fingerprint density at radius 2 is 1.67 bits per heavy atom. The van der Waals surface area contributed by atoms with Gasteiger partial charge in [-0.2, -0.15) is 0 Å². The second-order valence-corrected chi connectivity index (χ2v) is 12.1. The van der Waals surface area contributed by atoms with Crippen LogP contribution < -0.4 is 4.90 Å². The summed E-state index contributed by atoms with van der Waals surface area (Å²) in [4.78, 5) is 35.0. The van der Waals surface area contributed by atoms with Crippen molar-refractivity contribution in [1.82, 2.24) is 9.96 Å². The monoisotopic (exact) mass is 501 g/mol. The number of anilines is 1. The van der Waals surface area contributed by atoms with E-state index in [9.17, 15) is 9.59 Å². The summed E-state index contributed by atoms with van der Waals surface area (Å²) in [6, 6.07) is 6.21. The molecule has 7 nitrogen and oxygen atoms in total. The predicted octanol–water partition coefficient (Wildman–Crippen LogP) is 5.24. The highest BCUT2D eigenvalue weighted by Gasteiger charge is 2.49. The molecule has 0 bridgehead atoms. The van der Waals surface area contributed by atoms with Gasteiger partial charge in [0.2, 0.25) is 5.91 Å². The average molecular weight is 502 g/mol. The van der Waals surface area contributed by atoms with Gasteiger partial charge in [0.15, 0.2) is 0 Å². The molecule has 198 valence electrons. The van der Waals surface area contributed by atoms with Gasteiger partial charge in [-0.3, -0.25) is 4.79 Å². The Balaban J connectivity index is 1.17. The summed E-state index contributed by atoms with van der Waals surface area (Å²) in [5, 5.41) is 1.57. The molecule has 0 radical (unpaired) electrons. The number of hydrogen-bond acceptors (Lipinski definition) is 6. The van der Waals surface area contributed by atoms with Gasteiger partial charge in [0.1, 0.15) is 11.4 Å². The van der Waals surface area contributed by atoms with E-state index >= 15 is 4.39 Å². The molecule has 0 N–H and O–H groups in total. The van der Waals surface area contributed by atoms with Crippen molar-refractivity contribution in [2.45, 2.75) is 89.7 Å². The molecule has 8 heteroatoms. The summed E-state index contributed by atoms with van der Waals surface area (Å²) < 4.78 is 20.5. The maximum Gasteiger partial charge on any atom is 0.528 e. The third-order valence-electron chi connectivity index (χ3n) is 8.62. The molecule has 36 heavy (non-hydrogen) atoms. The summed E-state index contributed by atoms with van der Waals surface area (Å²) >= 11 is 0. The van der Waals surface area contributed by atoms with Gasteiger partial charge >= 0.3 is 6.16 Å². The molecular formula is C28H40FN3O4. The fourth-order valence-electron chi connectivity index (χ4n) is 6.37. The number of ether oxygens (including phenoxy) is 1. The summed E-state index contributed by atoms with van der Waals surface area (Å²) in [5.41, 5.74) is 0.312. The highest BCUT2D eigenvalue weighted by molar-refractivity contribution is 6.00. The lowest BCUT2D eigenvalue weighted by atomic mass is 9.77. The van der Waals surface area contributed by atoms with Crippen molar-refractivity contribution in [2.75, 3.05) is 37.6 Å².